The monoisotopic (exact) mass is 289 g/mol. The maximum absolute atomic E-state index is 13.0. The summed E-state index contributed by atoms with van der Waals surface area (Å²) >= 11 is 3.35. The molecule has 1 unspecified atom stereocenters. The molecular formula is C12H17BrFNO. The number of nitrogens with two attached hydrogens (primary N) is 1. The van der Waals surface area contributed by atoms with Gasteiger partial charge in [-0.2, -0.15) is 0 Å². The molecule has 2 N–H and O–H groups in total. The zero-order valence-electron chi connectivity index (χ0n) is 9.59. The van der Waals surface area contributed by atoms with E-state index in [-0.39, 0.29) is 11.4 Å². The van der Waals surface area contributed by atoms with E-state index in [9.17, 15) is 4.39 Å². The number of rotatable bonds is 5. The highest BCUT2D eigenvalue weighted by Gasteiger charge is 2.15. The van der Waals surface area contributed by atoms with Gasteiger partial charge in [0.25, 0.3) is 0 Å². The molecule has 1 aromatic carbocycles. The highest BCUT2D eigenvalue weighted by Crippen LogP contribution is 2.19. The Morgan fingerprint density at radius 3 is 2.81 bits per heavy atom. The van der Waals surface area contributed by atoms with Crippen molar-refractivity contribution in [3.8, 4) is 0 Å². The van der Waals surface area contributed by atoms with Crippen LogP contribution < -0.4 is 5.73 Å². The van der Waals surface area contributed by atoms with Crippen molar-refractivity contribution in [1.82, 2.24) is 0 Å². The predicted molar refractivity (Wildman–Crippen MR) is 66.6 cm³/mol. The van der Waals surface area contributed by atoms with Crippen molar-refractivity contribution in [2.45, 2.75) is 32.4 Å². The SMILES string of the molecule is CCC(C)(N)COCc1cc(F)ccc1Br. The molecule has 0 saturated carbocycles. The van der Waals surface area contributed by atoms with Gasteiger partial charge in [0.1, 0.15) is 5.82 Å². The number of benzene rings is 1. The Balaban J connectivity index is 2.52. The molecule has 0 spiro atoms. The van der Waals surface area contributed by atoms with Crippen molar-refractivity contribution in [2.24, 2.45) is 5.73 Å². The lowest BCUT2D eigenvalue weighted by Gasteiger charge is -2.22. The van der Waals surface area contributed by atoms with E-state index in [0.717, 1.165) is 16.5 Å². The molecule has 0 aliphatic heterocycles. The second kappa shape index (κ2) is 5.75. The average Bonchev–Trinajstić information content (AvgIpc) is 2.23. The zero-order valence-corrected chi connectivity index (χ0v) is 11.2. The van der Waals surface area contributed by atoms with Gasteiger partial charge in [0.15, 0.2) is 0 Å². The van der Waals surface area contributed by atoms with Crippen LogP contribution in [0.4, 0.5) is 4.39 Å². The van der Waals surface area contributed by atoms with Crippen LogP contribution in [0.5, 0.6) is 0 Å². The van der Waals surface area contributed by atoms with Gasteiger partial charge in [0, 0.05) is 10.0 Å². The van der Waals surface area contributed by atoms with Crippen LogP contribution in [-0.4, -0.2) is 12.1 Å². The summed E-state index contributed by atoms with van der Waals surface area (Å²) in [4.78, 5) is 0. The third kappa shape index (κ3) is 4.20. The number of halogens is 2. The van der Waals surface area contributed by atoms with E-state index < -0.39 is 0 Å². The molecule has 1 rings (SSSR count). The van der Waals surface area contributed by atoms with Gasteiger partial charge in [-0.05, 0) is 37.1 Å². The van der Waals surface area contributed by atoms with E-state index in [1.54, 1.807) is 6.07 Å². The summed E-state index contributed by atoms with van der Waals surface area (Å²) in [6, 6.07) is 4.55. The van der Waals surface area contributed by atoms with Crippen molar-refractivity contribution < 1.29 is 9.13 Å². The topological polar surface area (TPSA) is 35.2 Å². The van der Waals surface area contributed by atoms with Gasteiger partial charge in [-0.3, -0.25) is 0 Å². The minimum Gasteiger partial charge on any atom is -0.375 e. The summed E-state index contributed by atoms with van der Waals surface area (Å²) in [6.45, 7) is 4.78. The molecule has 0 aliphatic rings. The molecule has 0 bridgehead atoms. The van der Waals surface area contributed by atoms with Gasteiger partial charge in [-0.25, -0.2) is 4.39 Å². The minimum absolute atomic E-state index is 0.257. The van der Waals surface area contributed by atoms with Gasteiger partial charge < -0.3 is 10.5 Å². The Morgan fingerprint density at radius 1 is 1.50 bits per heavy atom. The van der Waals surface area contributed by atoms with Crippen molar-refractivity contribution >= 4 is 15.9 Å². The number of ether oxygens (including phenoxy) is 1. The third-order valence-electron chi connectivity index (χ3n) is 2.50. The molecule has 90 valence electrons. The lowest BCUT2D eigenvalue weighted by atomic mass is 10.0. The normalized spacial score (nSPS) is 14.8. The first-order chi connectivity index (χ1) is 7.44. The quantitative estimate of drug-likeness (QED) is 0.903. The highest BCUT2D eigenvalue weighted by atomic mass is 79.9. The molecule has 0 fully saturated rings. The molecule has 0 saturated heterocycles. The van der Waals surface area contributed by atoms with Crippen LogP contribution in [0, 0.1) is 5.82 Å². The van der Waals surface area contributed by atoms with Gasteiger partial charge in [0.2, 0.25) is 0 Å². The first-order valence-electron chi connectivity index (χ1n) is 5.25. The fourth-order valence-corrected chi connectivity index (χ4v) is 1.51. The fourth-order valence-electron chi connectivity index (χ4n) is 1.15. The van der Waals surface area contributed by atoms with Gasteiger partial charge in [-0.15, -0.1) is 0 Å². The molecule has 0 heterocycles. The predicted octanol–water partition coefficient (Wildman–Crippen LogP) is 3.23. The standard InChI is InChI=1S/C12H17BrFNO/c1-3-12(2,15)8-16-7-9-6-10(14)4-5-11(9)13/h4-6H,3,7-8,15H2,1-2H3. The molecule has 2 nitrogen and oxygen atoms in total. The Kier molecular flexibility index (Phi) is 4.89. The van der Waals surface area contributed by atoms with Gasteiger partial charge in [0.05, 0.1) is 13.2 Å². The largest absolute Gasteiger partial charge is 0.375 e. The summed E-state index contributed by atoms with van der Waals surface area (Å²) in [5.74, 6) is -0.257. The lowest BCUT2D eigenvalue weighted by Crippen LogP contribution is -2.40. The molecule has 1 atom stereocenters. The molecule has 0 amide bonds. The van der Waals surface area contributed by atoms with Crippen LogP contribution in [0.1, 0.15) is 25.8 Å². The summed E-state index contributed by atoms with van der Waals surface area (Å²) < 4.78 is 19.3. The van der Waals surface area contributed by atoms with Crippen molar-refractivity contribution in [2.75, 3.05) is 6.61 Å². The maximum atomic E-state index is 13.0. The second-order valence-corrected chi connectivity index (χ2v) is 5.09. The molecule has 1 aromatic rings. The molecule has 0 radical (unpaired) electrons. The molecule has 0 aromatic heterocycles. The number of hydrogen-bond acceptors (Lipinski definition) is 2. The maximum Gasteiger partial charge on any atom is 0.123 e. The smallest absolute Gasteiger partial charge is 0.123 e. The first-order valence-corrected chi connectivity index (χ1v) is 6.04. The zero-order chi connectivity index (χ0) is 12.2. The van der Waals surface area contributed by atoms with E-state index in [1.165, 1.54) is 12.1 Å². The first kappa shape index (κ1) is 13.6. The summed E-state index contributed by atoms with van der Waals surface area (Å²) in [6.07, 6.45) is 0.845. The molecular weight excluding hydrogens is 273 g/mol. The number of hydrogen-bond donors (Lipinski definition) is 1. The lowest BCUT2D eigenvalue weighted by molar-refractivity contribution is 0.0773. The van der Waals surface area contributed by atoms with E-state index in [2.05, 4.69) is 15.9 Å². The average molecular weight is 290 g/mol. The van der Waals surface area contributed by atoms with Crippen molar-refractivity contribution in [1.29, 1.82) is 0 Å². The van der Waals surface area contributed by atoms with Crippen LogP contribution in [0.25, 0.3) is 0 Å². The minimum atomic E-state index is -0.320. The van der Waals surface area contributed by atoms with Crippen LogP contribution in [0.2, 0.25) is 0 Å². The molecule has 0 aliphatic carbocycles. The third-order valence-corrected chi connectivity index (χ3v) is 3.28. The van der Waals surface area contributed by atoms with Gasteiger partial charge >= 0.3 is 0 Å². The molecule has 16 heavy (non-hydrogen) atoms. The molecule has 4 heteroatoms. The van der Waals surface area contributed by atoms with Crippen molar-refractivity contribution in [3.05, 3.63) is 34.1 Å². The van der Waals surface area contributed by atoms with Gasteiger partial charge in [-0.1, -0.05) is 22.9 Å². The Hall–Kier alpha value is -0.450. The van der Waals surface area contributed by atoms with E-state index in [1.807, 2.05) is 13.8 Å². The second-order valence-electron chi connectivity index (χ2n) is 4.24. The Labute approximate surface area is 104 Å². The van der Waals surface area contributed by atoms with E-state index in [0.29, 0.717) is 13.2 Å². The van der Waals surface area contributed by atoms with Crippen LogP contribution >= 0.6 is 15.9 Å². The van der Waals surface area contributed by atoms with Crippen LogP contribution in [-0.2, 0) is 11.3 Å². The van der Waals surface area contributed by atoms with Crippen LogP contribution in [0.3, 0.4) is 0 Å². The summed E-state index contributed by atoms with van der Waals surface area (Å²) in [5, 5.41) is 0. The van der Waals surface area contributed by atoms with E-state index >= 15 is 0 Å². The van der Waals surface area contributed by atoms with E-state index in [4.69, 9.17) is 10.5 Å². The van der Waals surface area contributed by atoms with Crippen molar-refractivity contribution in [3.63, 3.8) is 0 Å². The summed E-state index contributed by atoms with van der Waals surface area (Å²) in [5.41, 5.74) is 6.42. The van der Waals surface area contributed by atoms with Crippen LogP contribution in [0.15, 0.2) is 22.7 Å². The highest BCUT2D eigenvalue weighted by molar-refractivity contribution is 9.10. The Bertz CT molecular complexity index is 355. The summed E-state index contributed by atoms with van der Waals surface area (Å²) in [7, 11) is 0. The fraction of sp³-hybridized carbons (Fsp3) is 0.500. The Morgan fingerprint density at radius 2 is 2.19 bits per heavy atom.